The Morgan fingerprint density at radius 3 is 2.81 bits per heavy atom. The highest BCUT2D eigenvalue weighted by molar-refractivity contribution is 7.13. The molecule has 1 saturated heterocycles. The first-order valence-electron chi connectivity index (χ1n) is 10.7. The number of carbonyl (C=O) groups is 2. The zero-order valence-electron chi connectivity index (χ0n) is 18.8. The molecule has 0 spiro atoms. The minimum absolute atomic E-state index is 0.0537. The largest absolute Gasteiger partial charge is 0.459 e. The summed E-state index contributed by atoms with van der Waals surface area (Å²) in [5.74, 6) is 1.21. The number of rotatable bonds is 6. The maximum atomic E-state index is 12.5. The normalized spacial score (nSPS) is 21.1. The van der Waals surface area contributed by atoms with Crippen LogP contribution in [0, 0.1) is 0 Å². The molecule has 0 aliphatic carbocycles. The third-order valence-electron chi connectivity index (χ3n) is 5.45. The summed E-state index contributed by atoms with van der Waals surface area (Å²) in [4.78, 5) is 37.9. The third kappa shape index (κ3) is 4.92. The summed E-state index contributed by atoms with van der Waals surface area (Å²) in [6, 6.07) is 3.68. The highest BCUT2D eigenvalue weighted by Gasteiger charge is 2.35. The number of carbonyl (C=O) groups excluding carboxylic acids is 2. The minimum atomic E-state index is -0.519. The fourth-order valence-electron chi connectivity index (χ4n) is 4.02. The molecule has 2 aliphatic heterocycles. The average molecular weight is 460 g/mol. The molecule has 0 amide bonds. The van der Waals surface area contributed by atoms with E-state index in [4.69, 9.17) is 14.5 Å². The first-order valence-corrected chi connectivity index (χ1v) is 11.6. The number of hydrogen-bond acceptors (Lipinski definition) is 10. The van der Waals surface area contributed by atoms with E-state index in [1.165, 1.54) is 11.3 Å². The van der Waals surface area contributed by atoms with E-state index in [0.29, 0.717) is 37.4 Å². The van der Waals surface area contributed by atoms with Gasteiger partial charge in [-0.2, -0.15) is 0 Å². The van der Waals surface area contributed by atoms with Crippen molar-refractivity contribution in [2.24, 2.45) is 0 Å². The SMILES string of the molecule is CO[C@H]1CN(c2ccc3c(n2)N(c2nccs2)CCC3=O)C[C@@H]1NCC(=O)OC(C)(C)C. The predicted molar refractivity (Wildman–Crippen MR) is 123 cm³/mol. The van der Waals surface area contributed by atoms with Gasteiger partial charge in [-0.1, -0.05) is 0 Å². The topological polar surface area (TPSA) is 96.9 Å². The number of pyridine rings is 1. The van der Waals surface area contributed by atoms with Crippen LogP contribution >= 0.6 is 11.3 Å². The second-order valence-corrected chi connectivity index (χ2v) is 9.81. The lowest BCUT2D eigenvalue weighted by molar-refractivity contribution is -0.153. The zero-order valence-corrected chi connectivity index (χ0v) is 19.6. The lowest BCUT2D eigenvalue weighted by atomic mass is 10.0. The maximum Gasteiger partial charge on any atom is 0.320 e. The lowest BCUT2D eigenvalue weighted by Crippen LogP contribution is -2.44. The first kappa shape index (κ1) is 22.6. The van der Waals surface area contributed by atoms with Crippen molar-refractivity contribution in [1.29, 1.82) is 0 Å². The molecule has 2 aromatic heterocycles. The average Bonchev–Trinajstić information content (AvgIpc) is 3.41. The van der Waals surface area contributed by atoms with E-state index in [-0.39, 0.29) is 30.4 Å². The molecule has 0 saturated carbocycles. The Morgan fingerprint density at radius 1 is 1.31 bits per heavy atom. The summed E-state index contributed by atoms with van der Waals surface area (Å²) in [6.45, 7) is 7.47. The van der Waals surface area contributed by atoms with Gasteiger partial charge in [0.15, 0.2) is 10.9 Å². The van der Waals surface area contributed by atoms with Crippen LogP contribution < -0.4 is 15.1 Å². The predicted octanol–water partition coefficient (Wildman–Crippen LogP) is 2.40. The van der Waals surface area contributed by atoms with Gasteiger partial charge >= 0.3 is 5.97 Å². The molecule has 0 bridgehead atoms. The Bertz CT molecular complexity index is 975. The van der Waals surface area contributed by atoms with Gasteiger partial charge in [0.2, 0.25) is 0 Å². The number of ether oxygens (including phenoxy) is 2. The van der Waals surface area contributed by atoms with Crippen LogP contribution in [0.2, 0.25) is 0 Å². The number of nitrogens with one attached hydrogen (secondary N) is 1. The van der Waals surface area contributed by atoms with Crippen LogP contribution in [-0.4, -0.2) is 72.8 Å². The van der Waals surface area contributed by atoms with Gasteiger partial charge in [-0.3, -0.25) is 14.9 Å². The van der Waals surface area contributed by atoms with Crippen LogP contribution in [0.15, 0.2) is 23.7 Å². The van der Waals surface area contributed by atoms with E-state index >= 15 is 0 Å². The Morgan fingerprint density at radius 2 is 2.12 bits per heavy atom. The number of thiazole rings is 1. The monoisotopic (exact) mass is 459 g/mol. The molecule has 0 radical (unpaired) electrons. The summed E-state index contributed by atoms with van der Waals surface area (Å²) in [6.07, 6.45) is 2.09. The highest BCUT2D eigenvalue weighted by atomic mass is 32.1. The van der Waals surface area contributed by atoms with Gasteiger partial charge in [0.1, 0.15) is 17.2 Å². The van der Waals surface area contributed by atoms with E-state index in [2.05, 4.69) is 15.2 Å². The number of fused-ring (bicyclic) bond motifs is 1. The number of aromatic nitrogens is 2. The number of Topliss-reactive ketones (excluding diaryl/α,β-unsaturated/α-hetero) is 1. The van der Waals surface area contributed by atoms with Crippen molar-refractivity contribution in [2.45, 2.75) is 44.9 Å². The molecule has 9 nitrogen and oxygen atoms in total. The Hall–Kier alpha value is -2.56. The highest BCUT2D eigenvalue weighted by Crippen LogP contribution is 2.35. The molecule has 32 heavy (non-hydrogen) atoms. The van der Waals surface area contributed by atoms with Crippen LogP contribution in [0.5, 0.6) is 0 Å². The quantitative estimate of drug-likeness (QED) is 0.653. The molecule has 2 aliphatic rings. The van der Waals surface area contributed by atoms with Crippen LogP contribution in [-0.2, 0) is 14.3 Å². The summed E-state index contributed by atoms with van der Waals surface area (Å²) < 4.78 is 11.0. The van der Waals surface area contributed by atoms with E-state index in [0.717, 1.165) is 10.9 Å². The van der Waals surface area contributed by atoms with Crippen molar-refractivity contribution in [1.82, 2.24) is 15.3 Å². The number of methoxy groups -OCH3 is 1. The van der Waals surface area contributed by atoms with Gasteiger partial charge in [0.05, 0.1) is 24.3 Å². The standard InChI is InChI=1S/C22H29N5O4S/c1-22(2,3)31-19(29)11-24-15-12-26(13-17(15)30-4)18-6-5-14-16(28)7-9-27(20(14)25-18)21-23-8-10-32-21/h5-6,8,10,15,17,24H,7,9,11-13H2,1-4H3/t15-,17-/m0/s1. The lowest BCUT2D eigenvalue weighted by Gasteiger charge is -2.28. The van der Waals surface area contributed by atoms with Crippen molar-refractivity contribution in [2.75, 3.05) is 43.1 Å². The maximum absolute atomic E-state index is 12.5. The van der Waals surface area contributed by atoms with Crippen LogP contribution in [0.3, 0.4) is 0 Å². The second-order valence-electron chi connectivity index (χ2n) is 8.93. The number of nitrogens with zero attached hydrogens (tertiary/aromatic N) is 4. The zero-order chi connectivity index (χ0) is 22.9. The van der Waals surface area contributed by atoms with Crippen LogP contribution in [0.25, 0.3) is 0 Å². The van der Waals surface area contributed by atoms with Gasteiger partial charge < -0.3 is 19.3 Å². The molecule has 1 fully saturated rings. The van der Waals surface area contributed by atoms with Gasteiger partial charge in [0.25, 0.3) is 0 Å². The molecule has 2 aromatic rings. The Labute approximate surface area is 191 Å². The second kappa shape index (κ2) is 9.13. The fourth-order valence-corrected chi connectivity index (χ4v) is 4.69. The van der Waals surface area contributed by atoms with Gasteiger partial charge in [-0.25, -0.2) is 9.97 Å². The van der Waals surface area contributed by atoms with E-state index in [1.807, 2.05) is 43.2 Å². The molecule has 2 atom stereocenters. The number of ketones is 1. The summed E-state index contributed by atoms with van der Waals surface area (Å²) in [5.41, 5.74) is 0.104. The number of anilines is 3. The summed E-state index contributed by atoms with van der Waals surface area (Å²) >= 11 is 1.53. The first-order chi connectivity index (χ1) is 15.2. The molecule has 0 unspecified atom stereocenters. The Balaban J connectivity index is 1.50. The van der Waals surface area contributed by atoms with Crippen molar-refractivity contribution < 1.29 is 19.1 Å². The van der Waals surface area contributed by atoms with E-state index in [9.17, 15) is 9.59 Å². The summed E-state index contributed by atoms with van der Waals surface area (Å²) in [5, 5.41) is 6.01. The molecule has 10 heteroatoms. The molecular weight excluding hydrogens is 430 g/mol. The fraction of sp³-hybridized carbons (Fsp3) is 0.545. The smallest absolute Gasteiger partial charge is 0.320 e. The van der Waals surface area contributed by atoms with Crippen molar-refractivity contribution in [3.05, 3.63) is 29.3 Å². The molecule has 172 valence electrons. The van der Waals surface area contributed by atoms with Crippen molar-refractivity contribution in [3.63, 3.8) is 0 Å². The van der Waals surface area contributed by atoms with Crippen LogP contribution in [0.1, 0.15) is 37.6 Å². The van der Waals surface area contributed by atoms with Crippen LogP contribution in [0.4, 0.5) is 16.8 Å². The molecule has 4 heterocycles. The summed E-state index contributed by atoms with van der Waals surface area (Å²) in [7, 11) is 1.67. The Kier molecular flexibility index (Phi) is 6.45. The van der Waals surface area contributed by atoms with Gasteiger partial charge in [-0.05, 0) is 32.9 Å². The number of esters is 1. The molecule has 0 aromatic carbocycles. The van der Waals surface area contributed by atoms with Gasteiger partial charge in [-0.15, -0.1) is 11.3 Å². The number of hydrogen-bond donors (Lipinski definition) is 1. The minimum Gasteiger partial charge on any atom is -0.459 e. The molecule has 4 rings (SSSR count). The van der Waals surface area contributed by atoms with Crippen molar-refractivity contribution in [3.8, 4) is 0 Å². The van der Waals surface area contributed by atoms with Crippen molar-refractivity contribution >= 4 is 39.9 Å². The molecular formula is C22H29N5O4S. The van der Waals surface area contributed by atoms with E-state index < -0.39 is 5.60 Å². The van der Waals surface area contributed by atoms with Gasteiger partial charge in [0, 0.05) is 44.7 Å². The molecule has 1 N–H and O–H groups in total. The third-order valence-corrected chi connectivity index (χ3v) is 6.25. The van der Waals surface area contributed by atoms with E-state index in [1.54, 1.807) is 13.3 Å².